The molecular formula is C32H20O2S2. The zero-order valence-corrected chi connectivity index (χ0v) is 21.1. The maximum Gasteiger partial charge on any atom is 0.118 e. The Morgan fingerprint density at radius 3 is 1.53 bits per heavy atom. The van der Waals surface area contributed by atoms with E-state index >= 15 is 0 Å². The minimum atomic E-state index is 0.0777. The van der Waals surface area contributed by atoms with Crippen LogP contribution in [0.25, 0.3) is 74.8 Å². The van der Waals surface area contributed by atoms with E-state index in [1.807, 2.05) is 46.9 Å². The van der Waals surface area contributed by atoms with Gasteiger partial charge in [-0.2, -0.15) is 0 Å². The van der Waals surface area contributed by atoms with Crippen molar-refractivity contribution < 1.29 is 9.84 Å². The summed E-state index contributed by atoms with van der Waals surface area (Å²) in [6.45, 7) is 0.0777. The first-order valence-electron chi connectivity index (χ1n) is 12.0. The molecule has 0 fully saturated rings. The number of hydrogen-bond donors (Lipinski definition) is 1. The second-order valence-electron chi connectivity index (χ2n) is 9.36. The van der Waals surface area contributed by atoms with E-state index in [2.05, 4.69) is 60.7 Å². The Bertz CT molecular complexity index is 1620. The van der Waals surface area contributed by atoms with Crippen LogP contribution in [-0.2, 0) is 6.61 Å². The quantitative estimate of drug-likeness (QED) is 0.261. The van der Waals surface area contributed by atoms with Gasteiger partial charge in [0.05, 0.1) is 13.7 Å². The Balaban J connectivity index is 1.24. The highest BCUT2D eigenvalue weighted by Gasteiger charge is 2.32. The van der Waals surface area contributed by atoms with E-state index in [1.54, 1.807) is 7.11 Å². The molecule has 0 amide bonds. The monoisotopic (exact) mass is 500 g/mol. The smallest absolute Gasteiger partial charge is 0.118 e. The molecule has 6 aromatic rings. The molecule has 0 saturated carbocycles. The number of methoxy groups -OCH3 is 1. The normalized spacial score (nSPS) is 12.3. The second-order valence-corrected chi connectivity index (χ2v) is 11.5. The lowest BCUT2D eigenvalue weighted by Crippen LogP contribution is -1.82. The van der Waals surface area contributed by atoms with Crippen LogP contribution < -0.4 is 4.74 Å². The van der Waals surface area contributed by atoms with Gasteiger partial charge in [0.15, 0.2) is 0 Å². The molecule has 2 aliphatic rings. The van der Waals surface area contributed by atoms with E-state index in [1.165, 1.54) is 74.8 Å². The van der Waals surface area contributed by atoms with Crippen molar-refractivity contribution >= 4 is 33.4 Å². The van der Waals surface area contributed by atoms with Crippen molar-refractivity contribution in [3.05, 3.63) is 90.5 Å². The van der Waals surface area contributed by atoms with Crippen molar-refractivity contribution in [1.82, 2.24) is 0 Å². The summed E-state index contributed by atoms with van der Waals surface area (Å²) in [5.74, 6) is 0.884. The fraction of sp³-hybridized carbons (Fsp3) is 0.0625. The van der Waals surface area contributed by atoms with Gasteiger partial charge in [0, 0.05) is 41.8 Å². The Labute approximate surface area is 216 Å². The molecule has 0 unspecified atom stereocenters. The van der Waals surface area contributed by atoms with Gasteiger partial charge in [0.1, 0.15) is 5.75 Å². The maximum absolute atomic E-state index is 9.38. The molecule has 0 saturated heterocycles. The zero-order chi connectivity index (χ0) is 24.0. The summed E-state index contributed by atoms with van der Waals surface area (Å²) in [6, 6.07) is 30.6. The summed E-state index contributed by atoms with van der Waals surface area (Å²) in [6.07, 6.45) is 0. The van der Waals surface area contributed by atoms with Gasteiger partial charge < -0.3 is 9.84 Å². The summed E-state index contributed by atoms with van der Waals surface area (Å²) in [4.78, 5) is 5.30. The molecule has 2 aromatic heterocycles. The molecule has 0 spiro atoms. The van der Waals surface area contributed by atoms with Crippen LogP contribution in [0, 0.1) is 0 Å². The number of aliphatic hydroxyl groups excluding tert-OH is 1. The van der Waals surface area contributed by atoms with Crippen LogP contribution >= 0.6 is 22.7 Å². The molecule has 2 nitrogen and oxygen atoms in total. The fourth-order valence-corrected chi connectivity index (χ4v) is 8.14. The molecule has 4 heteroatoms. The molecule has 172 valence electrons. The predicted octanol–water partition coefficient (Wildman–Crippen LogP) is 9.09. The van der Waals surface area contributed by atoms with Gasteiger partial charge in [0.25, 0.3) is 0 Å². The number of rotatable bonds is 4. The number of ether oxygens (including phenoxy) is 1. The summed E-state index contributed by atoms with van der Waals surface area (Å²) >= 11 is 3.75. The minimum absolute atomic E-state index is 0.0777. The van der Waals surface area contributed by atoms with E-state index in [9.17, 15) is 5.11 Å². The lowest BCUT2D eigenvalue weighted by Gasteiger charge is -2.08. The standard InChI is InChI=1S/C32H20O2S2/c1-34-20-8-6-19(7-9-20)28-15-26-22-11-12-23-29-21(10-13-24(30(22)29)32(26)36-28)25-14-27(35-31(23)25)18-4-2-17(16-33)3-5-18/h2-15,33H,16H2,1H3. The Morgan fingerprint density at radius 2 is 1.06 bits per heavy atom. The summed E-state index contributed by atoms with van der Waals surface area (Å²) in [5.41, 5.74) is 11.5. The third-order valence-electron chi connectivity index (χ3n) is 7.49. The lowest BCUT2D eigenvalue weighted by molar-refractivity contribution is 0.282. The van der Waals surface area contributed by atoms with Crippen LogP contribution in [0.4, 0.5) is 0 Å². The first-order chi connectivity index (χ1) is 17.7. The van der Waals surface area contributed by atoms with Gasteiger partial charge in [-0.25, -0.2) is 0 Å². The molecule has 36 heavy (non-hydrogen) atoms. The fourth-order valence-electron chi connectivity index (χ4n) is 5.72. The summed E-state index contributed by atoms with van der Waals surface area (Å²) < 4.78 is 5.34. The second kappa shape index (κ2) is 7.40. The van der Waals surface area contributed by atoms with Crippen LogP contribution in [0.3, 0.4) is 0 Å². The Kier molecular flexibility index (Phi) is 4.21. The van der Waals surface area contributed by atoms with Crippen molar-refractivity contribution in [1.29, 1.82) is 0 Å². The molecule has 2 heterocycles. The molecule has 0 atom stereocenters. The SMILES string of the molecule is COc1ccc(-c2cc3c(s2)-c2ccc4c5c(ccc-3c25)-c2sc(-c3ccc(CO)cc3)cc2-4)cc1. The van der Waals surface area contributed by atoms with Gasteiger partial charge in [-0.3, -0.25) is 0 Å². The molecule has 2 aliphatic carbocycles. The van der Waals surface area contributed by atoms with Crippen LogP contribution in [0.1, 0.15) is 5.56 Å². The average molecular weight is 501 g/mol. The maximum atomic E-state index is 9.38. The van der Waals surface area contributed by atoms with Crippen molar-refractivity contribution in [3.63, 3.8) is 0 Å². The third kappa shape index (κ3) is 2.69. The van der Waals surface area contributed by atoms with E-state index in [0.717, 1.165) is 11.3 Å². The molecule has 0 radical (unpaired) electrons. The highest BCUT2D eigenvalue weighted by atomic mass is 32.1. The zero-order valence-electron chi connectivity index (χ0n) is 19.5. The van der Waals surface area contributed by atoms with E-state index in [4.69, 9.17) is 4.74 Å². The van der Waals surface area contributed by atoms with Crippen LogP contribution in [-0.4, -0.2) is 12.2 Å². The van der Waals surface area contributed by atoms with Crippen LogP contribution in [0.2, 0.25) is 0 Å². The van der Waals surface area contributed by atoms with Crippen molar-refractivity contribution in [2.24, 2.45) is 0 Å². The summed E-state index contributed by atoms with van der Waals surface area (Å²) in [7, 11) is 1.70. The van der Waals surface area contributed by atoms with Crippen molar-refractivity contribution in [2.75, 3.05) is 7.11 Å². The Morgan fingerprint density at radius 1 is 0.583 bits per heavy atom. The van der Waals surface area contributed by atoms with E-state index in [0.29, 0.717) is 0 Å². The van der Waals surface area contributed by atoms with E-state index < -0.39 is 0 Å². The molecule has 8 rings (SSSR count). The summed E-state index contributed by atoms with van der Waals surface area (Å²) in [5, 5.41) is 12.2. The highest BCUT2D eigenvalue weighted by Crippen LogP contribution is 2.60. The first kappa shape index (κ1) is 20.5. The first-order valence-corrected chi connectivity index (χ1v) is 13.6. The molecule has 0 aliphatic heterocycles. The molecule has 0 bridgehead atoms. The average Bonchev–Trinajstić information content (AvgIpc) is 3.68. The van der Waals surface area contributed by atoms with Gasteiger partial charge in [-0.1, -0.05) is 48.5 Å². The lowest BCUT2D eigenvalue weighted by atomic mass is 9.97. The highest BCUT2D eigenvalue weighted by molar-refractivity contribution is 7.20. The predicted molar refractivity (Wildman–Crippen MR) is 152 cm³/mol. The molecular weight excluding hydrogens is 480 g/mol. The number of thiophene rings is 2. The van der Waals surface area contributed by atoms with Crippen LogP contribution in [0.15, 0.2) is 84.9 Å². The van der Waals surface area contributed by atoms with E-state index in [-0.39, 0.29) is 6.61 Å². The van der Waals surface area contributed by atoms with Crippen molar-refractivity contribution in [2.45, 2.75) is 6.61 Å². The number of fused-ring (bicyclic) bond motifs is 6. The number of benzene rings is 4. The minimum Gasteiger partial charge on any atom is -0.497 e. The van der Waals surface area contributed by atoms with Gasteiger partial charge in [-0.05, 0) is 75.0 Å². The topological polar surface area (TPSA) is 29.5 Å². The largest absolute Gasteiger partial charge is 0.497 e. The van der Waals surface area contributed by atoms with Crippen molar-refractivity contribution in [3.8, 4) is 69.8 Å². The van der Waals surface area contributed by atoms with Gasteiger partial charge >= 0.3 is 0 Å². The Hall–Kier alpha value is -3.70. The van der Waals surface area contributed by atoms with Crippen LogP contribution in [0.5, 0.6) is 5.75 Å². The third-order valence-corrected chi connectivity index (χ3v) is 9.92. The molecule has 4 aromatic carbocycles. The number of aliphatic hydroxyl groups is 1. The van der Waals surface area contributed by atoms with Gasteiger partial charge in [-0.15, -0.1) is 22.7 Å². The molecule has 1 N–H and O–H groups in total. The van der Waals surface area contributed by atoms with Gasteiger partial charge in [0.2, 0.25) is 0 Å². The number of hydrogen-bond acceptors (Lipinski definition) is 4.